The molecular weight excluding hydrogens is 374 g/mol. The average Bonchev–Trinajstić information content (AvgIpc) is 2.53. The molecule has 0 bridgehead atoms. The number of alkyl carbamates (subject to hydrolysis) is 1. The van der Waals surface area contributed by atoms with Crippen LogP contribution in [0.25, 0.3) is 0 Å². The van der Waals surface area contributed by atoms with Crippen molar-refractivity contribution in [3.8, 4) is 0 Å². The van der Waals surface area contributed by atoms with Crippen LogP contribution >= 0.6 is 0 Å². The predicted molar refractivity (Wildman–Crippen MR) is 84.9 cm³/mol. The number of hydrogen-bond acceptors (Lipinski definition) is 8. The Morgan fingerprint density at radius 2 is 1.85 bits per heavy atom. The van der Waals surface area contributed by atoms with Crippen LogP contribution < -0.4 is 11.1 Å². The van der Waals surface area contributed by atoms with E-state index in [0.717, 1.165) is 24.3 Å². The predicted octanol–water partition coefficient (Wildman–Crippen LogP) is -0.577. The lowest BCUT2D eigenvalue weighted by atomic mass is 10.2. The van der Waals surface area contributed by atoms with Crippen LogP contribution in [0.2, 0.25) is 0 Å². The van der Waals surface area contributed by atoms with Gasteiger partial charge in [-0.3, -0.25) is 14.9 Å². The average molecular weight is 389 g/mol. The number of carboxylic acid groups (broad SMARTS) is 1. The summed E-state index contributed by atoms with van der Waals surface area (Å²) in [5, 5.41) is 21.2. The van der Waals surface area contributed by atoms with E-state index >= 15 is 0 Å². The van der Waals surface area contributed by atoms with Crippen molar-refractivity contribution >= 4 is 33.5 Å². The fourth-order valence-electron chi connectivity index (χ4n) is 1.72. The summed E-state index contributed by atoms with van der Waals surface area (Å²) in [4.78, 5) is 42.7. The summed E-state index contributed by atoms with van der Waals surface area (Å²) < 4.78 is 28.6. The van der Waals surface area contributed by atoms with E-state index < -0.39 is 57.6 Å². The Labute approximate surface area is 147 Å². The molecule has 0 fully saturated rings. The third-order valence-electron chi connectivity index (χ3n) is 2.99. The van der Waals surface area contributed by atoms with Gasteiger partial charge in [-0.25, -0.2) is 18.0 Å². The van der Waals surface area contributed by atoms with Gasteiger partial charge in [0.05, 0.1) is 22.0 Å². The number of nitrogens with zero attached hydrogens (tertiary/aromatic N) is 1. The molecule has 0 heterocycles. The Kier molecular flexibility index (Phi) is 7.01. The first-order valence-electron chi connectivity index (χ1n) is 6.94. The zero-order valence-corrected chi connectivity index (χ0v) is 14.0. The summed E-state index contributed by atoms with van der Waals surface area (Å²) in [5.41, 5.74) is 4.56. The molecule has 2 amide bonds. The van der Waals surface area contributed by atoms with E-state index in [4.69, 9.17) is 10.8 Å². The zero-order valence-electron chi connectivity index (χ0n) is 13.2. The molecule has 0 aliphatic rings. The highest BCUT2D eigenvalue weighted by atomic mass is 32.2. The first kappa shape index (κ1) is 20.8. The molecule has 0 aliphatic heterocycles. The number of benzene rings is 1. The molecule has 0 saturated carbocycles. The number of amides is 2. The Morgan fingerprint density at radius 3 is 2.31 bits per heavy atom. The van der Waals surface area contributed by atoms with Gasteiger partial charge in [0.2, 0.25) is 5.91 Å². The van der Waals surface area contributed by atoms with Gasteiger partial charge in [-0.05, 0) is 12.1 Å². The fourth-order valence-corrected chi connectivity index (χ4v) is 2.81. The lowest BCUT2D eigenvalue weighted by Crippen LogP contribution is -2.43. The Morgan fingerprint density at radius 1 is 1.27 bits per heavy atom. The number of non-ortho nitro benzene ring substituents is 1. The maximum atomic E-state index is 12.0. The van der Waals surface area contributed by atoms with Crippen molar-refractivity contribution in [2.24, 2.45) is 5.73 Å². The number of rotatable bonds is 9. The maximum Gasteiger partial charge on any atom is 0.407 e. The van der Waals surface area contributed by atoms with Gasteiger partial charge in [0.1, 0.15) is 12.6 Å². The highest BCUT2D eigenvalue weighted by Crippen LogP contribution is 2.16. The second kappa shape index (κ2) is 8.75. The molecule has 1 rings (SSSR count). The van der Waals surface area contributed by atoms with E-state index in [1.807, 2.05) is 5.32 Å². The standard InChI is InChI=1S/C13H15N3O9S/c14-11(17)7-10(12(18)19)15-13(20)25-5-6-26(23,24)9-3-1-8(2-4-9)16(21)22/h1-4,10H,5-7H2,(H2,14,17)(H,15,20)(H,18,19). The summed E-state index contributed by atoms with van der Waals surface area (Å²) in [6.45, 7) is -0.603. The summed E-state index contributed by atoms with van der Waals surface area (Å²) in [6, 6.07) is 2.51. The summed E-state index contributed by atoms with van der Waals surface area (Å²) >= 11 is 0. The smallest absolute Gasteiger partial charge is 0.407 e. The number of sulfone groups is 1. The number of carbonyl (C=O) groups is 3. The van der Waals surface area contributed by atoms with E-state index in [1.165, 1.54) is 0 Å². The van der Waals surface area contributed by atoms with Crippen molar-refractivity contribution in [3.05, 3.63) is 34.4 Å². The summed E-state index contributed by atoms with van der Waals surface area (Å²) in [7, 11) is -3.88. The van der Waals surface area contributed by atoms with Gasteiger partial charge in [0.15, 0.2) is 9.84 Å². The molecule has 1 aromatic rings. The lowest BCUT2D eigenvalue weighted by Gasteiger charge is -2.13. The topological polar surface area (TPSA) is 196 Å². The van der Waals surface area contributed by atoms with E-state index in [-0.39, 0.29) is 10.6 Å². The molecule has 0 aromatic heterocycles. The number of nitro benzene ring substituents is 1. The number of nitrogens with two attached hydrogens (primary N) is 1. The number of aliphatic carboxylic acids is 1. The number of carboxylic acids is 1. The molecule has 4 N–H and O–H groups in total. The van der Waals surface area contributed by atoms with Crippen molar-refractivity contribution in [3.63, 3.8) is 0 Å². The molecule has 142 valence electrons. The Hall–Kier alpha value is -3.22. The molecule has 13 heteroatoms. The number of primary amides is 1. The minimum atomic E-state index is -3.88. The first-order chi connectivity index (χ1) is 12.0. The van der Waals surface area contributed by atoms with Crippen molar-refractivity contribution in [1.82, 2.24) is 5.32 Å². The second-order valence-corrected chi connectivity index (χ2v) is 7.02. The van der Waals surface area contributed by atoms with E-state index in [2.05, 4.69) is 4.74 Å². The van der Waals surface area contributed by atoms with Crippen LogP contribution in [0.5, 0.6) is 0 Å². The largest absolute Gasteiger partial charge is 0.480 e. The quantitative estimate of drug-likeness (QED) is 0.365. The molecule has 12 nitrogen and oxygen atoms in total. The summed E-state index contributed by atoms with van der Waals surface area (Å²) in [6.07, 6.45) is -1.90. The highest BCUT2D eigenvalue weighted by Gasteiger charge is 2.23. The third kappa shape index (κ3) is 6.35. The van der Waals surface area contributed by atoms with Crippen molar-refractivity contribution in [2.75, 3.05) is 12.4 Å². The van der Waals surface area contributed by atoms with Gasteiger partial charge in [-0.2, -0.15) is 0 Å². The SMILES string of the molecule is NC(=O)CC(NC(=O)OCCS(=O)(=O)c1ccc([N+](=O)[O-])cc1)C(=O)O. The normalized spacial score (nSPS) is 12.0. The monoisotopic (exact) mass is 389 g/mol. The molecule has 0 aliphatic carbocycles. The van der Waals surface area contributed by atoms with Gasteiger partial charge in [0.25, 0.3) is 5.69 Å². The van der Waals surface area contributed by atoms with E-state index in [9.17, 15) is 32.9 Å². The summed E-state index contributed by atoms with van der Waals surface area (Å²) in [5.74, 6) is -3.11. The van der Waals surface area contributed by atoms with Crippen LogP contribution in [-0.4, -0.2) is 54.8 Å². The number of ether oxygens (including phenoxy) is 1. The van der Waals surface area contributed by atoms with E-state index in [1.54, 1.807) is 0 Å². The van der Waals surface area contributed by atoms with Crippen LogP contribution in [0.15, 0.2) is 29.2 Å². The van der Waals surface area contributed by atoms with Gasteiger partial charge in [0, 0.05) is 12.1 Å². The molecule has 1 atom stereocenters. The molecule has 0 spiro atoms. The first-order valence-corrected chi connectivity index (χ1v) is 8.60. The minimum absolute atomic E-state index is 0.204. The van der Waals surface area contributed by atoms with Crippen molar-refractivity contribution < 1.29 is 37.6 Å². The van der Waals surface area contributed by atoms with Crippen molar-refractivity contribution in [2.45, 2.75) is 17.4 Å². The van der Waals surface area contributed by atoms with Crippen molar-refractivity contribution in [1.29, 1.82) is 0 Å². The molecule has 1 aromatic carbocycles. The van der Waals surface area contributed by atoms with Crippen LogP contribution in [0.1, 0.15) is 6.42 Å². The molecule has 0 radical (unpaired) electrons. The lowest BCUT2D eigenvalue weighted by molar-refractivity contribution is -0.384. The van der Waals surface area contributed by atoms with Crippen LogP contribution in [0.3, 0.4) is 0 Å². The van der Waals surface area contributed by atoms with Gasteiger partial charge < -0.3 is 20.9 Å². The Bertz CT molecular complexity index is 805. The number of nitro groups is 1. The van der Waals surface area contributed by atoms with Crippen LogP contribution in [0, 0.1) is 10.1 Å². The molecule has 0 saturated heterocycles. The maximum absolute atomic E-state index is 12.0. The number of nitrogens with one attached hydrogen (secondary N) is 1. The second-order valence-electron chi connectivity index (χ2n) is 4.91. The number of hydrogen-bond donors (Lipinski definition) is 3. The Balaban J connectivity index is 2.59. The van der Waals surface area contributed by atoms with E-state index in [0.29, 0.717) is 0 Å². The zero-order chi connectivity index (χ0) is 19.9. The fraction of sp³-hybridized carbons (Fsp3) is 0.308. The van der Waals surface area contributed by atoms with Gasteiger partial charge >= 0.3 is 12.1 Å². The third-order valence-corrected chi connectivity index (χ3v) is 4.68. The molecule has 26 heavy (non-hydrogen) atoms. The number of carbonyl (C=O) groups excluding carboxylic acids is 2. The van der Waals surface area contributed by atoms with Crippen LogP contribution in [0.4, 0.5) is 10.5 Å². The molecule has 1 unspecified atom stereocenters. The minimum Gasteiger partial charge on any atom is -0.480 e. The van der Waals surface area contributed by atoms with Gasteiger partial charge in [-0.15, -0.1) is 0 Å². The van der Waals surface area contributed by atoms with Gasteiger partial charge in [-0.1, -0.05) is 0 Å². The van der Waals surface area contributed by atoms with Crippen LogP contribution in [-0.2, 0) is 24.2 Å². The highest BCUT2D eigenvalue weighted by molar-refractivity contribution is 7.91. The molecular formula is C13H15N3O9S.